The standard InChI is InChI=1S/C51H59FN6O11/c1-6-51(67)34-21-39-46-32(25-58(39)48(65)33(34)26-68-49(51)66)45-37(15-14-31-27(2)35(52)22-38(57-46)44(31)45)56-42(62)13-10-18-54-47(64)29(19-28-11-8-7-9-12-28)20-30(59)24-55-41(61)17-16-40(60)36(53)23-43(63)69-50(3,4)5/h7-9,11-12,21-22,29,36-37,67H,6,10,13-20,23-26,53H2,1-5H3,(H,54,64)(H,55,61)(H,56,62)/t29-,36+,37+,51+/m1/s1. The van der Waals surface area contributed by atoms with Crippen LogP contribution in [0.3, 0.4) is 0 Å². The summed E-state index contributed by atoms with van der Waals surface area (Å²) < 4.78 is 27.3. The van der Waals surface area contributed by atoms with E-state index in [1.807, 2.05) is 30.3 Å². The van der Waals surface area contributed by atoms with E-state index >= 15 is 4.39 Å². The number of hydrogen-bond donors (Lipinski definition) is 5. The summed E-state index contributed by atoms with van der Waals surface area (Å²) in [5.41, 5.74) is 7.51. The number of Topliss-reactive ketones (excluding diaryl/α,β-unsaturated/α-hetero) is 2. The van der Waals surface area contributed by atoms with E-state index in [1.54, 1.807) is 40.7 Å². The molecule has 7 rings (SSSR count). The smallest absolute Gasteiger partial charge is 0.343 e. The van der Waals surface area contributed by atoms with Gasteiger partial charge in [0.15, 0.2) is 17.2 Å². The Hall–Kier alpha value is -6.66. The number of carbonyl (C=O) groups excluding carboxylic acids is 7. The molecular formula is C51H59FN6O11. The van der Waals surface area contributed by atoms with Crippen molar-refractivity contribution < 1.29 is 52.5 Å². The average Bonchev–Trinajstić information content (AvgIpc) is 3.67. The Labute approximate surface area is 398 Å². The Kier molecular flexibility index (Phi) is 14.9. The molecule has 0 bridgehead atoms. The van der Waals surface area contributed by atoms with E-state index in [4.69, 9.17) is 20.2 Å². The van der Waals surface area contributed by atoms with Crippen LogP contribution in [0.4, 0.5) is 4.39 Å². The number of pyridine rings is 2. The third-order valence-corrected chi connectivity index (χ3v) is 13.1. The van der Waals surface area contributed by atoms with Crippen LogP contribution in [0.25, 0.3) is 22.3 Å². The van der Waals surface area contributed by atoms with Crippen molar-refractivity contribution >= 4 is 52.1 Å². The highest BCUT2D eigenvalue weighted by Crippen LogP contribution is 2.46. The quantitative estimate of drug-likeness (QED) is 0.0583. The molecule has 3 amide bonds. The third-order valence-electron chi connectivity index (χ3n) is 13.1. The third kappa shape index (κ3) is 11.0. The van der Waals surface area contributed by atoms with Crippen LogP contribution in [0.1, 0.15) is 124 Å². The van der Waals surface area contributed by atoms with Gasteiger partial charge in [-0.2, -0.15) is 0 Å². The molecular weight excluding hydrogens is 892 g/mol. The topological polar surface area (TPSA) is 255 Å². The Bertz CT molecular complexity index is 2800. The lowest BCUT2D eigenvalue weighted by Crippen LogP contribution is -2.44. The molecule has 0 unspecified atom stereocenters. The van der Waals surface area contributed by atoms with E-state index in [-0.39, 0.29) is 94.6 Å². The maximum atomic E-state index is 15.4. The summed E-state index contributed by atoms with van der Waals surface area (Å²) in [5, 5.41) is 20.6. The second-order valence-electron chi connectivity index (χ2n) is 19.1. The van der Waals surface area contributed by atoms with Crippen LogP contribution in [-0.4, -0.2) is 80.6 Å². The van der Waals surface area contributed by atoms with Gasteiger partial charge in [0.2, 0.25) is 17.7 Å². The SMILES string of the molecule is CC[C@@]1(O)C(=O)OCc2c1cc1n(c2=O)Cc2c-1nc1cc(F)c(C)c3c1c2[C@@H](NC(=O)CCCNC(=O)[C@@H](CC(=O)CNC(=O)CCC(=O)[C@@H](N)CC(=O)OC(C)(C)C)Cc1ccccc1)CC3. The monoisotopic (exact) mass is 950 g/mol. The van der Waals surface area contributed by atoms with E-state index in [0.717, 1.165) is 16.7 Å². The van der Waals surface area contributed by atoms with Crippen LogP contribution in [0.2, 0.25) is 0 Å². The van der Waals surface area contributed by atoms with Crippen molar-refractivity contribution in [3.63, 3.8) is 0 Å². The molecule has 2 aromatic heterocycles. The number of hydrogen-bond acceptors (Lipinski definition) is 13. The van der Waals surface area contributed by atoms with Crippen molar-refractivity contribution in [3.05, 3.63) is 97.6 Å². The van der Waals surface area contributed by atoms with Crippen LogP contribution in [0.5, 0.6) is 0 Å². The van der Waals surface area contributed by atoms with E-state index in [0.29, 0.717) is 46.3 Å². The summed E-state index contributed by atoms with van der Waals surface area (Å²) in [5.74, 6) is -4.90. The fourth-order valence-corrected chi connectivity index (χ4v) is 9.46. The number of aromatic nitrogens is 2. The number of fused-ring (bicyclic) bond motifs is 5. The van der Waals surface area contributed by atoms with Gasteiger partial charge in [-0.15, -0.1) is 0 Å². The minimum absolute atomic E-state index is 0.0290. The number of amides is 3. The highest BCUT2D eigenvalue weighted by atomic mass is 19.1. The molecule has 2 aliphatic heterocycles. The van der Waals surface area contributed by atoms with Crippen molar-refractivity contribution in [3.8, 4) is 11.4 Å². The van der Waals surface area contributed by atoms with Crippen molar-refractivity contribution in [2.45, 2.75) is 135 Å². The van der Waals surface area contributed by atoms with Gasteiger partial charge in [0, 0.05) is 60.7 Å². The number of aliphatic hydroxyl groups is 1. The molecule has 69 heavy (non-hydrogen) atoms. The van der Waals surface area contributed by atoms with Crippen molar-refractivity contribution in [2.24, 2.45) is 11.7 Å². The number of nitrogens with one attached hydrogen (secondary N) is 3. The van der Waals surface area contributed by atoms with E-state index < -0.39 is 75.9 Å². The average molecular weight is 951 g/mol. The van der Waals surface area contributed by atoms with Crippen LogP contribution in [-0.2, 0) is 74.6 Å². The second-order valence-corrected chi connectivity index (χ2v) is 19.1. The summed E-state index contributed by atoms with van der Waals surface area (Å²) in [6, 6.07) is 10.4. The number of halogens is 1. The first-order valence-corrected chi connectivity index (χ1v) is 23.4. The van der Waals surface area contributed by atoms with Crippen LogP contribution in [0.15, 0.2) is 47.3 Å². The van der Waals surface area contributed by atoms with Crippen LogP contribution in [0, 0.1) is 18.7 Å². The molecule has 4 aromatic rings. The fraction of sp³-hybridized carbons (Fsp3) is 0.471. The van der Waals surface area contributed by atoms with Gasteiger partial charge in [-0.1, -0.05) is 37.3 Å². The molecule has 0 spiro atoms. The number of cyclic esters (lactones) is 1. The van der Waals surface area contributed by atoms with E-state index in [9.17, 15) is 43.5 Å². The molecule has 3 aliphatic rings. The molecule has 2 aromatic carbocycles. The normalized spacial score (nSPS) is 17.7. The lowest BCUT2D eigenvalue weighted by molar-refractivity contribution is -0.172. The number of carbonyl (C=O) groups is 7. The predicted octanol–water partition coefficient (Wildman–Crippen LogP) is 3.87. The van der Waals surface area contributed by atoms with Gasteiger partial charge in [-0.3, -0.25) is 33.6 Å². The van der Waals surface area contributed by atoms with E-state index in [1.165, 1.54) is 10.6 Å². The number of rotatable bonds is 19. The van der Waals surface area contributed by atoms with Gasteiger partial charge in [-0.25, -0.2) is 14.2 Å². The number of nitrogens with zero attached hydrogens (tertiary/aromatic N) is 2. The Morgan fingerprint density at radius 1 is 1.00 bits per heavy atom. The molecule has 0 saturated carbocycles. The zero-order valence-electron chi connectivity index (χ0n) is 39.6. The second kappa shape index (κ2) is 20.5. The Balaban J connectivity index is 0.973. The van der Waals surface area contributed by atoms with Crippen molar-refractivity contribution in [2.75, 3.05) is 13.1 Å². The van der Waals surface area contributed by atoms with Crippen LogP contribution >= 0.6 is 0 Å². The zero-order chi connectivity index (χ0) is 49.9. The first kappa shape index (κ1) is 50.2. The van der Waals surface area contributed by atoms with Gasteiger partial charge in [0.1, 0.15) is 18.0 Å². The minimum Gasteiger partial charge on any atom is -0.460 e. The number of ketones is 2. The summed E-state index contributed by atoms with van der Waals surface area (Å²) >= 11 is 0. The lowest BCUT2D eigenvalue weighted by atomic mass is 9.81. The molecule has 18 heteroatoms. The van der Waals surface area contributed by atoms with Gasteiger partial charge >= 0.3 is 11.9 Å². The summed E-state index contributed by atoms with van der Waals surface area (Å²) in [6.07, 6.45) is 0.367. The minimum atomic E-state index is -2.03. The number of aryl methyl sites for hydroxylation is 1. The fourth-order valence-electron chi connectivity index (χ4n) is 9.46. The first-order valence-electron chi connectivity index (χ1n) is 23.4. The number of ether oxygens (including phenoxy) is 2. The highest BCUT2D eigenvalue weighted by molar-refractivity contribution is 5.95. The molecule has 366 valence electrons. The first-order chi connectivity index (χ1) is 32.7. The van der Waals surface area contributed by atoms with E-state index in [2.05, 4.69) is 16.0 Å². The summed E-state index contributed by atoms with van der Waals surface area (Å²) in [7, 11) is 0. The van der Waals surface area contributed by atoms with Gasteiger partial charge in [-0.05, 0) is 88.1 Å². The number of benzene rings is 2. The molecule has 6 N–H and O–H groups in total. The number of nitrogens with two attached hydrogens (primary N) is 1. The van der Waals surface area contributed by atoms with Crippen molar-refractivity contribution in [1.29, 1.82) is 0 Å². The lowest BCUT2D eigenvalue weighted by Gasteiger charge is -2.31. The summed E-state index contributed by atoms with van der Waals surface area (Å²) in [4.78, 5) is 109. The zero-order valence-corrected chi connectivity index (χ0v) is 39.6. The molecule has 4 atom stereocenters. The van der Waals surface area contributed by atoms with Gasteiger partial charge in [0.05, 0.1) is 54.1 Å². The summed E-state index contributed by atoms with van der Waals surface area (Å²) in [6.45, 7) is 7.94. The van der Waals surface area contributed by atoms with Gasteiger partial charge < -0.3 is 40.8 Å². The Morgan fingerprint density at radius 3 is 2.45 bits per heavy atom. The molecule has 0 saturated heterocycles. The largest absolute Gasteiger partial charge is 0.460 e. The molecule has 1 aliphatic carbocycles. The van der Waals surface area contributed by atoms with Crippen molar-refractivity contribution in [1.82, 2.24) is 25.5 Å². The molecule has 4 heterocycles. The maximum Gasteiger partial charge on any atom is 0.343 e. The Morgan fingerprint density at radius 2 is 1.74 bits per heavy atom. The highest BCUT2D eigenvalue weighted by Gasteiger charge is 2.46. The molecule has 0 radical (unpaired) electrons. The maximum absolute atomic E-state index is 15.4. The molecule has 17 nitrogen and oxygen atoms in total. The number of esters is 2. The predicted molar refractivity (Wildman–Crippen MR) is 250 cm³/mol. The van der Waals surface area contributed by atoms with Gasteiger partial charge in [0.25, 0.3) is 5.56 Å². The van der Waals surface area contributed by atoms with Crippen LogP contribution < -0.4 is 27.2 Å². The molecule has 0 fully saturated rings.